The molecule has 0 aliphatic carbocycles. The molecule has 3 aromatic rings. The number of carbonyl (C=O) groups is 3. The van der Waals surface area contributed by atoms with Crippen molar-refractivity contribution in [2.75, 3.05) is 58.4 Å². The second-order valence-electron chi connectivity index (χ2n) is 11.9. The molecule has 1 aliphatic heterocycles. The van der Waals surface area contributed by atoms with Gasteiger partial charge < -0.3 is 30.7 Å². The number of nitrogen functional groups attached to an aromatic ring is 2. The Hall–Kier alpha value is -4.42. The number of quaternary nitrogens is 1. The van der Waals surface area contributed by atoms with E-state index in [2.05, 4.69) is 27.4 Å². The van der Waals surface area contributed by atoms with Crippen molar-refractivity contribution in [3.63, 3.8) is 0 Å². The number of nitrogens with zero attached hydrogens (tertiary/aromatic N) is 4. The molecule has 2 unspecified atom stereocenters. The van der Waals surface area contributed by atoms with Crippen LogP contribution < -0.4 is 21.5 Å². The fraction of sp³-hybridized carbons (Fsp3) is 0.441. The third-order valence-corrected chi connectivity index (χ3v) is 9.04. The third-order valence-electron chi connectivity index (χ3n) is 8.76. The Morgan fingerprint density at radius 2 is 1.57 bits per heavy atom. The van der Waals surface area contributed by atoms with Crippen molar-refractivity contribution in [2.24, 2.45) is 0 Å². The van der Waals surface area contributed by atoms with E-state index in [9.17, 15) is 14.4 Å². The van der Waals surface area contributed by atoms with Gasteiger partial charge in [0.1, 0.15) is 5.75 Å². The zero-order chi connectivity index (χ0) is 34.0. The van der Waals surface area contributed by atoms with Gasteiger partial charge in [0.05, 0.1) is 46.4 Å². The molecule has 1 aromatic heterocycles. The predicted molar refractivity (Wildman–Crippen MR) is 181 cm³/mol. The van der Waals surface area contributed by atoms with Gasteiger partial charge in [-0.25, -0.2) is 19.7 Å². The number of hydrogen-bond donors (Lipinski definition) is 3. The molecular formula is C34H45ClN7O5+. The molecule has 5 N–H and O–H groups in total. The lowest BCUT2D eigenvalue weighted by Gasteiger charge is -2.45. The number of benzene rings is 2. The van der Waals surface area contributed by atoms with Crippen LogP contribution in [-0.4, -0.2) is 90.2 Å². The van der Waals surface area contributed by atoms with E-state index in [1.54, 1.807) is 26.2 Å². The van der Waals surface area contributed by atoms with Crippen LogP contribution in [0.25, 0.3) is 0 Å². The van der Waals surface area contributed by atoms with E-state index in [4.69, 9.17) is 32.5 Å². The van der Waals surface area contributed by atoms with Gasteiger partial charge in [-0.15, -0.1) is 0 Å². The van der Waals surface area contributed by atoms with Crippen LogP contribution in [0.3, 0.4) is 0 Å². The zero-order valence-corrected chi connectivity index (χ0v) is 28.1. The Balaban J connectivity index is 1.43. The molecule has 12 nitrogen and oxygen atoms in total. The topological polar surface area (TPSA) is 163 Å². The number of amides is 3. The van der Waals surface area contributed by atoms with Crippen molar-refractivity contribution in [2.45, 2.75) is 51.5 Å². The molecule has 3 amide bonds. The number of piperidine rings is 1. The van der Waals surface area contributed by atoms with Gasteiger partial charge >= 0.3 is 6.09 Å². The highest BCUT2D eigenvalue weighted by Gasteiger charge is 2.35. The summed E-state index contributed by atoms with van der Waals surface area (Å²) in [6, 6.07) is 15.5. The molecule has 0 saturated carbocycles. The number of rotatable bonds is 13. The maximum absolute atomic E-state index is 13.2. The summed E-state index contributed by atoms with van der Waals surface area (Å²) in [7, 11) is 2.92. The number of ether oxygens (including phenoxy) is 2. The quantitative estimate of drug-likeness (QED) is 0.223. The van der Waals surface area contributed by atoms with Crippen molar-refractivity contribution in [1.82, 2.24) is 20.2 Å². The fourth-order valence-electron chi connectivity index (χ4n) is 6.29. The SMILES string of the molecule is CCN(C(=O)OC)C(=O)c1ccc(CCC[N+]2(CCCc3ccc(OC)cc3)CCCC(NC(=O)c3nc(Cl)c(N)nc3N)C2)cc1. The van der Waals surface area contributed by atoms with E-state index in [1.165, 1.54) is 12.7 Å². The summed E-state index contributed by atoms with van der Waals surface area (Å²) in [5, 5.41) is 3.07. The van der Waals surface area contributed by atoms with Crippen LogP contribution in [-0.2, 0) is 17.6 Å². The molecule has 0 bridgehead atoms. The first kappa shape index (κ1) is 35.4. The molecule has 1 aliphatic rings. The minimum absolute atomic E-state index is 0.0173. The number of nitrogens with one attached hydrogen (secondary N) is 1. The average Bonchev–Trinajstić information content (AvgIpc) is 3.07. The Labute approximate surface area is 281 Å². The first-order valence-electron chi connectivity index (χ1n) is 15.9. The third kappa shape index (κ3) is 9.32. The number of nitrogens with two attached hydrogens (primary N) is 2. The first-order valence-corrected chi connectivity index (χ1v) is 16.3. The highest BCUT2D eigenvalue weighted by atomic mass is 35.5. The molecule has 0 radical (unpaired) electrons. The Morgan fingerprint density at radius 3 is 2.15 bits per heavy atom. The highest BCUT2D eigenvalue weighted by Crippen LogP contribution is 2.24. The normalized spacial score (nSPS) is 17.5. The molecule has 13 heteroatoms. The molecule has 252 valence electrons. The van der Waals surface area contributed by atoms with Gasteiger partial charge in [0.2, 0.25) is 0 Å². The van der Waals surface area contributed by atoms with Crippen molar-refractivity contribution in [3.05, 3.63) is 76.1 Å². The maximum atomic E-state index is 13.2. The van der Waals surface area contributed by atoms with E-state index in [0.717, 1.165) is 85.4 Å². The average molecular weight is 667 g/mol. The second-order valence-corrected chi connectivity index (χ2v) is 12.3. The number of likely N-dealkylation sites (tertiary alicyclic amines) is 1. The van der Waals surface area contributed by atoms with Crippen LogP contribution in [0.2, 0.25) is 5.15 Å². The summed E-state index contributed by atoms with van der Waals surface area (Å²) in [6.45, 7) is 5.63. The van der Waals surface area contributed by atoms with Gasteiger partial charge in [0.25, 0.3) is 11.8 Å². The number of anilines is 2. The lowest BCUT2D eigenvalue weighted by molar-refractivity contribution is -0.933. The molecular weight excluding hydrogens is 622 g/mol. The van der Waals surface area contributed by atoms with Crippen LogP contribution in [0.4, 0.5) is 16.4 Å². The largest absolute Gasteiger partial charge is 0.497 e. The van der Waals surface area contributed by atoms with E-state index in [0.29, 0.717) is 5.56 Å². The summed E-state index contributed by atoms with van der Waals surface area (Å²) in [4.78, 5) is 47.0. The highest BCUT2D eigenvalue weighted by molar-refractivity contribution is 6.31. The van der Waals surface area contributed by atoms with Crippen molar-refractivity contribution in [1.29, 1.82) is 0 Å². The molecule has 2 heterocycles. The van der Waals surface area contributed by atoms with Crippen LogP contribution in [0, 0.1) is 0 Å². The van der Waals surface area contributed by atoms with Gasteiger partial charge in [0, 0.05) is 24.9 Å². The van der Waals surface area contributed by atoms with E-state index >= 15 is 0 Å². The van der Waals surface area contributed by atoms with Gasteiger partial charge in [-0.05, 0) is 68.0 Å². The van der Waals surface area contributed by atoms with Gasteiger partial charge in [-0.1, -0.05) is 35.9 Å². The van der Waals surface area contributed by atoms with Gasteiger partial charge in [-0.3, -0.25) is 9.59 Å². The fourth-order valence-corrected chi connectivity index (χ4v) is 6.41. The molecule has 0 spiro atoms. The predicted octanol–water partition coefficient (Wildman–Crippen LogP) is 4.51. The molecule has 2 aromatic carbocycles. The first-order chi connectivity index (χ1) is 22.6. The number of carbonyl (C=O) groups excluding carboxylic acids is 3. The summed E-state index contributed by atoms with van der Waals surface area (Å²) in [5.41, 5.74) is 14.4. The Kier molecular flexibility index (Phi) is 12.4. The Bertz CT molecular complexity index is 1540. The van der Waals surface area contributed by atoms with E-state index in [1.807, 2.05) is 24.3 Å². The summed E-state index contributed by atoms with van der Waals surface area (Å²) < 4.78 is 10.9. The van der Waals surface area contributed by atoms with Crippen molar-refractivity contribution < 1.29 is 28.3 Å². The number of methoxy groups -OCH3 is 2. The number of aryl methyl sites for hydroxylation is 2. The van der Waals surface area contributed by atoms with Crippen LogP contribution in [0.15, 0.2) is 48.5 Å². The van der Waals surface area contributed by atoms with Crippen LogP contribution in [0.1, 0.15) is 64.6 Å². The number of imide groups is 1. The molecule has 4 rings (SSSR count). The van der Waals surface area contributed by atoms with E-state index < -0.39 is 12.0 Å². The zero-order valence-electron chi connectivity index (χ0n) is 27.3. The Morgan fingerprint density at radius 1 is 0.957 bits per heavy atom. The van der Waals surface area contributed by atoms with Crippen LogP contribution in [0.5, 0.6) is 5.75 Å². The van der Waals surface area contributed by atoms with Crippen LogP contribution >= 0.6 is 11.6 Å². The van der Waals surface area contributed by atoms with Gasteiger partial charge in [0.15, 0.2) is 22.5 Å². The smallest absolute Gasteiger partial charge is 0.416 e. The number of halogens is 1. The lowest BCUT2D eigenvalue weighted by atomic mass is 9.98. The number of aromatic nitrogens is 2. The molecule has 47 heavy (non-hydrogen) atoms. The monoisotopic (exact) mass is 666 g/mol. The van der Waals surface area contributed by atoms with Crippen molar-refractivity contribution in [3.8, 4) is 5.75 Å². The molecule has 2 atom stereocenters. The summed E-state index contributed by atoms with van der Waals surface area (Å²) >= 11 is 6.03. The van der Waals surface area contributed by atoms with Gasteiger partial charge in [-0.2, -0.15) is 0 Å². The molecule has 1 fully saturated rings. The standard InChI is InChI=1S/C34H44ClN7O5/c1-4-41(34(45)47-3)33(44)25-15-11-23(12-16-25)8-5-19-42(20-6-9-24-13-17-27(46-2)18-14-24)21-7-10-26(22-42)38-32(43)28-30(36)40-31(37)29(35)39-28/h11-18,26H,4-10,19-22H2,1-3H3,(H4-,36,37,38,40,43)/p+1. The summed E-state index contributed by atoms with van der Waals surface area (Å²) in [6.07, 6.45) is 4.81. The van der Waals surface area contributed by atoms with E-state index in [-0.39, 0.29) is 41.0 Å². The lowest BCUT2D eigenvalue weighted by Crippen LogP contribution is -2.60. The maximum Gasteiger partial charge on any atom is 0.416 e. The number of hydrogen-bond acceptors (Lipinski definition) is 9. The molecule has 1 saturated heterocycles. The van der Waals surface area contributed by atoms with Crippen molar-refractivity contribution >= 4 is 41.1 Å². The minimum Gasteiger partial charge on any atom is -0.497 e. The second kappa shape index (κ2) is 16.4. The summed E-state index contributed by atoms with van der Waals surface area (Å²) in [5.74, 6) is -0.0356. The minimum atomic E-state index is -0.674.